The molecule has 1 aromatic rings. The van der Waals surface area contributed by atoms with Crippen LogP contribution in [-0.2, 0) is 10.7 Å². The lowest BCUT2D eigenvalue weighted by Crippen LogP contribution is -2.20. The Hall–Kier alpha value is -0.960. The highest BCUT2D eigenvalue weighted by molar-refractivity contribution is 5.19. The van der Waals surface area contributed by atoms with E-state index < -0.39 is 12.5 Å². The molecule has 0 N–H and O–H groups in total. The van der Waals surface area contributed by atoms with Crippen LogP contribution in [0.4, 0.5) is 8.78 Å². The third-order valence-corrected chi connectivity index (χ3v) is 1.68. The van der Waals surface area contributed by atoms with Gasteiger partial charge in [0.25, 0.3) is 5.92 Å². The maximum absolute atomic E-state index is 13.2. The Morgan fingerprint density at radius 2 is 1.67 bits per heavy atom. The Bertz CT molecular complexity index is 247. The molecule has 0 saturated carbocycles. The number of rotatable bonds is 4. The lowest BCUT2D eigenvalue weighted by Gasteiger charge is -2.15. The summed E-state index contributed by atoms with van der Waals surface area (Å²) in [6, 6.07) is 7.70. The summed E-state index contributed by atoms with van der Waals surface area (Å²) in [5, 5.41) is 0. The van der Waals surface area contributed by atoms with Crippen LogP contribution in [0.3, 0.4) is 0 Å². The molecular formula is C12H18F2O. The van der Waals surface area contributed by atoms with Gasteiger partial charge in [0.15, 0.2) is 0 Å². The average Bonchev–Trinajstić information content (AvgIpc) is 2.30. The molecule has 1 rings (SSSR count). The molecule has 0 spiro atoms. The van der Waals surface area contributed by atoms with Crippen LogP contribution in [0, 0.1) is 0 Å². The fraction of sp³-hybridized carbons (Fsp3) is 0.500. The van der Waals surface area contributed by atoms with Crippen LogP contribution in [0.1, 0.15) is 26.3 Å². The van der Waals surface area contributed by atoms with Gasteiger partial charge in [0.2, 0.25) is 0 Å². The second kappa shape index (κ2) is 7.35. The third-order valence-electron chi connectivity index (χ3n) is 1.68. The van der Waals surface area contributed by atoms with Crippen molar-refractivity contribution >= 4 is 0 Å². The standard InChI is InChI=1S/C10H12F2O.C2H6/c1-2-13-8-10(11,12)9-6-4-3-5-7-9;1-2/h3-7H,2,8H2,1H3;1-2H3. The molecule has 0 unspecified atom stereocenters. The first-order valence-electron chi connectivity index (χ1n) is 5.18. The van der Waals surface area contributed by atoms with Crippen molar-refractivity contribution in [3.05, 3.63) is 35.9 Å². The van der Waals surface area contributed by atoms with Crippen molar-refractivity contribution in [3.63, 3.8) is 0 Å². The minimum absolute atomic E-state index is 0.00319. The molecule has 1 aromatic carbocycles. The molecule has 3 heteroatoms. The van der Waals surface area contributed by atoms with E-state index >= 15 is 0 Å². The zero-order valence-corrected chi connectivity index (χ0v) is 9.47. The monoisotopic (exact) mass is 216 g/mol. The number of hydrogen-bond acceptors (Lipinski definition) is 1. The van der Waals surface area contributed by atoms with Gasteiger partial charge in [0, 0.05) is 12.2 Å². The molecule has 0 heterocycles. The van der Waals surface area contributed by atoms with Crippen molar-refractivity contribution in [2.45, 2.75) is 26.7 Å². The first-order valence-corrected chi connectivity index (χ1v) is 5.18. The fourth-order valence-electron chi connectivity index (χ4n) is 0.996. The van der Waals surface area contributed by atoms with Crippen LogP contribution >= 0.6 is 0 Å². The SMILES string of the molecule is CC.CCOCC(F)(F)c1ccccc1. The molecule has 1 nitrogen and oxygen atoms in total. The van der Waals surface area contributed by atoms with Crippen molar-refractivity contribution in [3.8, 4) is 0 Å². The highest BCUT2D eigenvalue weighted by Gasteiger charge is 2.31. The minimum atomic E-state index is -2.88. The zero-order chi connectivity index (χ0) is 11.7. The lowest BCUT2D eigenvalue weighted by molar-refractivity contribution is -0.0801. The number of benzene rings is 1. The van der Waals surface area contributed by atoms with Crippen molar-refractivity contribution in [2.24, 2.45) is 0 Å². The van der Waals surface area contributed by atoms with E-state index in [1.54, 1.807) is 25.1 Å². The van der Waals surface area contributed by atoms with Crippen molar-refractivity contribution in [1.82, 2.24) is 0 Å². The van der Waals surface area contributed by atoms with Gasteiger partial charge >= 0.3 is 0 Å². The fourth-order valence-corrected chi connectivity index (χ4v) is 0.996. The highest BCUT2D eigenvalue weighted by atomic mass is 19.3. The zero-order valence-electron chi connectivity index (χ0n) is 9.47. The Morgan fingerprint density at radius 1 is 1.13 bits per heavy atom. The summed E-state index contributed by atoms with van der Waals surface area (Å²) in [7, 11) is 0. The van der Waals surface area contributed by atoms with Crippen LogP contribution in [0.2, 0.25) is 0 Å². The minimum Gasteiger partial charge on any atom is -0.375 e. The van der Waals surface area contributed by atoms with Gasteiger partial charge < -0.3 is 4.74 Å². The smallest absolute Gasteiger partial charge is 0.296 e. The van der Waals surface area contributed by atoms with E-state index in [2.05, 4.69) is 0 Å². The molecule has 0 aliphatic carbocycles. The van der Waals surface area contributed by atoms with Gasteiger partial charge in [-0.25, -0.2) is 0 Å². The van der Waals surface area contributed by atoms with Crippen LogP contribution < -0.4 is 0 Å². The van der Waals surface area contributed by atoms with Gasteiger partial charge in [-0.1, -0.05) is 44.2 Å². The Morgan fingerprint density at radius 3 is 2.13 bits per heavy atom. The molecule has 0 aliphatic rings. The number of alkyl halides is 2. The van der Waals surface area contributed by atoms with Crippen LogP contribution in [0.25, 0.3) is 0 Å². The van der Waals surface area contributed by atoms with E-state index in [9.17, 15) is 8.78 Å². The van der Waals surface area contributed by atoms with Crippen LogP contribution in [-0.4, -0.2) is 13.2 Å². The van der Waals surface area contributed by atoms with E-state index in [-0.39, 0.29) is 5.56 Å². The summed E-state index contributed by atoms with van der Waals surface area (Å²) in [6.07, 6.45) is 0. The topological polar surface area (TPSA) is 9.23 Å². The van der Waals surface area contributed by atoms with E-state index in [4.69, 9.17) is 4.74 Å². The summed E-state index contributed by atoms with van der Waals surface area (Å²) in [4.78, 5) is 0. The second-order valence-electron chi connectivity index (χ2n) is 2.71. The van der Waals surface area contributed by atoms with E-state index in [1.807, 2.05) is 13.8 Å². The molecule has 0 bridgehead atoms. The normalized spacial score (nSPS) is 10.5. The van der Waals surface area contributed by atoms with Crippen molar-refractivity contribution < 1.29 is 13.5 Å². The van der Waals surface area contributed by atoms with Gasteiger partial charge in [0.1, 0.15) is 6.61 Å². The average molecular weight is 216 g/mol. The molecule has 0 saturated heterocycles. The van der Waals surface area contributed by atoms with Crippen LogP contribution in [0.5, 0.6) is 0 Å². The first kappa shape index (κ1) is 14.0. The first-order chi connectivity index (χ1) is 7.17. The number of halogens is 2. The maximum Gasteiger partial charge on any atom is 0.296 e. The van der Waals surface area contributed by atoms with E-state index in [1.165, 1.54) is 12.1 Å². The molecule has 0 aliphatic heterocycles. The Balaban J connectivity index is 0.000000921. The van der Waals surface area contributed by atoms with Gasteiger partial charge in [-0.3, -0.25) is 0 Å². The van der Waals surface area contributed by atoms with E-state index in [0.717, 1.165) is 0 Å². The predicted octanol–water partition coefficient (Wildman–Crippen LogP) is 3.84. The van der Waals surface area contributed by atoms with Crippen LogP contribution in [0.15, 0.2) is 30.3 Å². The molecule has 0 radical (unpaired) electrons. The van der Waals surface area contributed by atoms with Gasteiger partial charge in [-0.05, 0) is 6.92 Å². The Labute approximate surface area is 90.1 Å². The summed E-state index contributed by atoms with van der Waals surface area (Å²) >= 11 is 0. The molecule has 86 valence electrons. The lowest BCUT2D eigenvalue weighted by atomic mass is 10.1. The second-order valence-corrected chi connectivity index (χ2v) is 2.71. The molecule has 0 amide bonds. The van der Waals surface area contributed by atoms with Crippen molar-refractivity contribution in [1.29, 1.82) is 0 Å². The molecular weight excluding hydrogens is 198 g/mol. The van der Waals surface area contributed by atoms with Crippen molar-refractivity contribution in [2.75, 3.05) is 13.2 Å². The number of ether oxygens (including phenoxy) is 1. The van der Waals surface area contributed by atoms with Gasteiger partial charge in [0.05, 0.1) is 0 Å². The molecule has 0 aromatic heterocycles. The Kier molecular flexibility index (Phi) is 6.88. The molecule has 0 atom stereocenters. The predicted molar refractivity (Wildman–Crippen MR) is 58.2 cm³/mol. The van der Waals surface area contributed by atoms with Gasteiger partial charge in [-0.15, -0.1) is 0 Å². The quantitative estimate of drug-likeness (QED) is 0.743. The largest absolute Gasteiger partial charge is 0.375 e. The third kappa shape index (κ3) is 4.88. The molecule has 15 heavy (non-hydrogen) atoms. The van der Waals surface area contributed by atoms with E-state index in [0.29, 0.717) is 6.61 Å². The molecule has 0 fully saturated rings. The highest BCUT2D eigenvalue weighted by Crippen LogP contribution is 2.27. The summed E-state index contributed by atoms with van der Waals surface area (Å²) in [5.41, 5.74) is 0.00319. The number of hydrogen-bond donors (Lipinski definition) is 0. The summed E-state index contributed by atoms with van der Waals surface area (Å²) in [6.45, 7) is 5.46. The summed E-state index contributed by atoms with van der Waals surface area (Å²) in [5.74, 6) is -2.88. The van der Waals surface area contributed by atoms with Gasteiger partial charge in [-0.2, -0.15) is 8.78 Å². The maximum atomic E-state index is 13.2. The summed E-state index contributed by atoms with van der Waals surface area (Å²) < 4.78 is 31.1.